The lowest BCUT2D eigenvalue weighted by Crippen LogP contribution is -2.44. The van der Waals surface area contributed by atoms with Crippen molar-refractivity contribution in [2.24, 2.45) is 0 Å². The minimum atomic E-state index is 0. The molecule has 1 aliphatic heterocycles. The number of carbonyl (C=O) groups is 1. The van der Waals surface area contributed by atoms with Crippen LogP contribution in [0.1, 0.15) is 15.4 Å². The number of nitrogens with zero attached hydrogens (tertiary/aromatic N) is 3. The number of likely N-dealkylation sites (N-methyl/N-ethyl adjacent to an activating group) is 1. The number of alkyl halides is 1. The number of hydrogen-bond acceptors (Lipinski definition) is 5. The molecule has 0 N–H and O–H groups in total. The fraction of sp³-hybridized carbons (Fsp3) is 0.636. The van der Waals surface area contributed by atoms with Crippen molar-refractivity contribution in [1.82, 2.24) is 9.88 Å². The average molecular weight is 399 g/mol. The van der Waals surface area contributed by atoms with Crippen LogP contribution in [0.15, 0.2) is 0 Å². The minimum Gasteiger partial charge on any atom is -0.346 e. The van der Waals surface area contributed by atoms with Gasteiger partial charge in [0, 0.05) is 26.2 Å². The molecule has 0 bridgehead atoms. The lowest BCUT2D eigenvalue weighted by molar-refractivity contribution is 0.102. The molecular formula is C11H17Br2N3OS. The fourth-order valence-electron chi connectivity index (χ4n) is 1.83. The van der Waals surface area contributed by atoms with Crippen LogP contribution in [-0.4, -0.2) is 54.2 Å². The van der Waals surface area contributed by atoms with Gasteiger partial charge in [0.05, 0.1) is 15.9 Å². The first-order valence-electron chi connectivity index (χ1n) is 5.62. The molecule has 0 radical (unpaired) electrons. The maximum absolute atomic E-state index is 11.7. The third kappa shape index (κ3) is 3.53. The van der Waals surface area contributed by atoms with E-state index in [1.54, 1.807) is 0 Å². The predicted molar refractivity (Wildman–Crippen MR) is 85.0 cm³/mol. The van der Waals surface area contributed by atoms with E-state index in [4.69, 9.17) is 0 Å². The Morgan fingerprint density at radius 3 is 2.56 bits per heavy atom. The van der Waals surface area contributed by atoms with Gasteiger partial charge in [0.1, 0.15) is 0 Å². The van der Waals surface area contributed by atoms with Crippen LogP contribution in [0.2, 0.25) is 0 Å². The maximum Gasteiger partial charge on any atom is 0.186 e. The van der Waals surface area contributed by atoms with E-state index < -0.39 is 0 Å². The fourth-order valence-corrected chi connectivity index (χ4v) is 3.36. The second-order valence-electron chi connectivity index (χ2n) is 4.26. The first-order chi connectivity index (χ1) is 8.11. The van der Waals surface area contributed by atoms with Crippen LogP contribution in [0.25, 0.3) is 0 Å². The maximum atomic E-state index is 11.7. The number of ketones is 1. The number of carbonyl (C=O) groups excluding carboxylic acids is 1. The lowest BCUT2D eigenvalue weighted by Gasteiger charge is -2.32. The second kappa shape index (κ2) is 6.98. The number of halogens is 2. The summed E-state index contributed by atoms with van der Waals surface area (Å²) in [5.41, 5.74) is 0.855. The molecule has 0 aromatic carbocycles. The molecule has 18 heavy (non-hydrogen) atoms. The Kier molecular flexibility index (Phi) is 6.23. The molecule has 0 atom stereocenters. The third-order valence-corrected chi connectivity index (χ3v) is 4.70. The first-order valence-corrected chi connectivity index (χ1v) is 7.55. The van der Waals surface area contributed by atoms with Gasteiger partial charge in [-0.3, -0.25) is 4.79 Å². The van der Waals surface area contributed by atoms with Gasteiger partial charge in [0.15, 0.2) is 10.9 Å². The Bertz CT molecular complexity index is 416. The second-order valence-corrected chi connectivity index (χ2v) is 5.80. The molecule has 7 heteroatoms. The summed E-state index contributed by atoms with van der Waals surface area (Å²) in [6.45, 7) is 6.00. The molecule has 0 aliphatic carbocycles. The third-order valence-electron chi connectivity index (χ3n) is 2.93. The van der Waals surface area contributed by atoms with E-state index in [1.807, 2.05) is 6.92 Å². The van der Waals surface area contributed by atoms with Gasteiger partial charge in [0.25, 0.3) is 0 Å². The quantitative estimate of drug-likeness (QED) is 0.578. The van der Waals surface area contributed by atoms with Crippen molar-refractivity contribution in [2.75, 3.05) is 43.5 Å². The molecule has 2 heterocycles. The van der Waals surface area contributed by atoms with Gasteiger partial charge in [-0.25, -0.2) is 4.98 Å². The standard InChI is InChI=1S/C11H16BrN3OS.BrH/c1-8-10(9(16)7-12)17-11(13-8)15-5-3-14(2)4-6-15;/h3-7H2,1-2H3;1H. The molecule has 2 rings (SSSR count). The molecule has 0 saturated carbocycles. The molecule has 1 aliphatic rings. The summed E-state index contributed by atoms with van der Waals surface area (Å²) in [5, 5.41) is 1.36. The molecule has 0 unspecified atom stereocenters. The van der Waals surface area contributed by atoms with Crippen molar-refractivity contribution in [2.45, 2.75) is 6.92 Å². The minimum absolute atomic E-state index is 0. The van der Waals surface area contributed by atoms with Gasteiger partial charge in [-0.15, -0.1) is 17.0 Å². The van der Waals surface area contributed by atoms with E-state index >= 15 is 0 Å². The van der Waals surface area contributed by atoms with Gasteiger partial charge in [-0.1, -0.05) is 27.3 Å². The molecule has 0 amide bonds. The molecule has 1 saturated heterocycles. The Morgan fingerprint density at radius 1 is 1.39 bits per heavy atom. The zero-order valence-corrected chi connectivity index (χ0v) is 14.6. The normalized spacial score (nSPS) is 16.5. The van der Waals surface area contributed by atoms with Gasteiger partial charge in [0.2, 0.25) is 0 Å². The summed E-state index contributed by atoms with van der Waals surface area (Å²) in [6, 6.07) is 0. The summed E-state index contributed by atoms with van der Waals surface area (Å²) >= 11 is 4.72. The van der Waals surface area contributed by atoms with Crippen LogP contribution >= 0.6 is 44.2 Å². The summed E-state index contributed by atoms with van der Waals surface area (Å²) < 4.78 is 0. The van der Waals surface area contributed by atoms with Crippen molar-refractivity contribution in [3.8, 4) is 0 Å². The van der Waals surface area contributed by atoms with Gasteiger partial charge >= 0.3 is 0 Å². The largest absolute Gasteiger partial charge is 0.346 e. The van der Waals surface area contributed by atoms with Crippen molar-refractivity contribution in [1.29, 1.82) is 0 Å². The highest BCUT2D eigenvalue weighted by molar-refractivity contribution is 9.09. The topological polar surface area (TPSA) is 36.4 Å². The molecule has 1 aromatic heterocycles. The van der Waals surface area contributed by atoms with Crippen molar-refractivity contribution >= 4 is 55.2 Å². The van der Waals surface area contributed by atoms with E-state index in [0.29, 0.717) is 5.33 Å². The van der Waals surface area contributed by atoms with E-state index in [-0.39, 0.29) is 22.8 Å². The predicted octanol–water partition coefficient (Wildman–Crippen LogP) is 2.36. The van der Waals surface area contributed by atoms with E-state index in [9.17, 15) is 4.79 Å². The highest BCUT2D eigenvalue weighted by atomic mass is 79.9. The number of rotatable bonds is 3. The number of hydrogen-bond donors (Lipinski definition) is 0. The van der Waals surface area contributed by atoms with Crippen LogP contribution in [-0.2, 0) is 0 Å². The Hall–Kier alpha value is 0.0200. The summed E-state index contributed by atoms with van der Waals surface area (Å²) in [6.07, 6.45) is 0. The number of aryl methyl sites for hydroxylation is 1. The van der Waals surface area contributed by atoms with Crippen molar-refractivity contribution in [3.63, 3.8) is 0 Å². The first kappa shape index (κ1) is 16.1. The molecule has 102 valence electrons. The van der Waals surface area contributed by atoms with Crippen molar-refractivity contribution in [3.05, 3.63) is 10.6 Å². The van der Waals surface area contributed by atoms with E-state index in [2.05, 4.69) is 37.8 Å². The van der Waals surface area contributed by atoms with Crippen LogP contribution in [0.5, 0.6) is 0 Å². The monoisotopic (exact) mass is 397 g/mol. The molecular weight excluding hydrogens is 382 g/mol. The zero-order chi connectivity index (χ0) is 12.4. The van der Waals surface area contributed by atoms with Gasteiger partial charge in [-0.2, -0.15) is 0 Å². The molecule has 0 spiro atoms. The Balaban J connectivity index is 0.00000162. The van der Waals surface area contributed by atoms with Crippen molar-refractivity contribution < 1.29 is 4.79 Å². The van der Waals surface area contributed by atoms with Crippen LogP contribution in [0.4, 0.5) is 5.13 Å². The number of Topliss-reactive ketones (excluding diaryl/α,β-unsaturated/α-hetero) is 1. The molecule has 1 aromatic rings. The highest BCUT2D eigenvalue weighted by Gasteiger charge is 2.20. The SMILES string of the molecule is Br.Cc1nc(N2CCN(C)CC2)sc1C(=O)CBr. The molecule has 1 fully saturated rings. The smallest absolute Gasteiger partial charge is 0.186 e. The summed E-state index contributed by atoms with van der Waals surface area (Å²) in [5.74, 6) is 0.125. The van der Waals surface area contributed by atoms with Crippen LogP contribution in [0, 0.1) is 6.92 Å². The molecule has 4 nitrogen and oxygen atoms in total. The number of anilines is 1. The highest BCUT2D eigenvalue weighted by Crippen LogP contribution is 2.27. The Morgan fingerprint density at radius 2 is 2.00 bits per heavy atom. The van der Waals surface area contributed by atoms with Crippen LogP contribution in [0.3, 0.4) is 0 Å². The summed E-state index contributed by atoms with van der Waals surface area (Å²) in [7, 11) is 2.13. The number of piperazine rings is 1. The van der Waals surface area contributed by atoms with E-state index in [0.717, 1.165) is 41.9 Å². The average Bonchev–Trinajstić information content (AvgIpc) is 2.71. The lowest BCUT2D eigenvalue weighted by atomic mass is 10.3. The van der Waals surface area contributed by atoms with Gasteiger partial charge in [-0.05, 0) is 14.0 Å². The van der Waals surface area contributed by atoms with E-state index in [1.165, 1.54) is 11.3 Å². The number of aromatic nitrogens is 1. The van der Waals surface area contributed by atoms with Gasteiger partial charge < -0.3 is 9.80 Å². The Labute approximate surface area is 130 Å². The zero-order valence-electron chi connectivity index (χ0n) is 10.5. The summed E-state index contributed by atoms with van der Waals surface area (Å²) in [4.78, 5) is 21.6. The van der Waals surface area contributed by atoms with Crippen LogP contribution < -0.4 is 4.90 Å². The number of thiazole rings is 1.